The van der Waals surface area contributed by atoms with E-state index in [-0.39, 0.29) is 18.3 Å². The molecule has 1 fully saturated rings. The van der Waals surface area contributed by atoms with Crippen LogP contribution >= 0.6 is 12.4 Å². The van der Waals surface area contributed by atoms with E-state index in [4.69, 9.17) is 0 Å². The van der Waals surface area contributed by atoms with Gasteiger partial charge in [0.25, 0.3) is 0 Å². The summed E-state index contributed by atoms with van der Waals surface area (Å²) in [7, 11) is 0. The van der Waals surface area contributed by atoms with E-state index in [0.717, 1.165) is 42.9 Å². The van der Waals surface area contributed by atoms with E-state index in [1.165, 1.54) is 0 Å². The topological polar surface area (TPSA) is 69.8 Å². The van der Waals surface area contributed by atoms with Crippen LogP contribution in [0.4, 0.5) is 5.69 Å². The number of carbonyl (C=O) groups excluding carboxylic acids is 1. The largest absolute Gasteiger partial charge is 0.326 e. The quantitative estimate of drug-likeness (QED) is 0.811. The van der Waals surface area contributed by atoms with E-state index >= 15 is 0 Å². The molecule has 3 rings (SSSR count). The second-order valence-electron chi connectivity index (χ2n) is 5.50. The van der Waals surface area contributed by atoms with Gasteiger partial charge in [-0.3, -0.25) is 9.89 Å². The molecule has 22 heavy (non-hydrogen) atoms. The molecule has 1 aliphatic rings. The molecule has 0 radical (unpaired) electrons. The molecule has 118 valence electrons. The molecule has 0 atom stereocenters. The third-order valence-corrected chi connectivity index (χ3v) is 3.89. The van der Waals surface area contributed by atoms with Crippen molar-refractivity contribution in [3.05, 3.63) is 36.5 Å². The van der Waals surface area contributed by atoms with Crippen molar-refractivity contribution < 1.29 is 4.79 Å². The second-order valence-corrected chi connectivity index (χ2v) is 5.50. The van der Waals surface area contributed by atoms with Crippen LogP contribution in [0, 0.1) is 5.92 Å². The first-order valence-electron chi connectivity index (χ1n) is 7.41. The first-order chi connectivity index (χ1) is 10.3. The standard InChI is InChI=1S/C16H20N4O.ClH/c21-16(10-12-4-7-17-8-5-12)19-14-3-1-2-13(11-14)15-6-9-18-20-15;/h1-3,6,9,11-12,17H,4-5,7-8,10H2,(H,18,20)(H,19,21);1H. The molecule has 1 aromatic carbocycles. The Morgan fingerprint density at radius 3 is 2.82 bits per heavy atom. The molecule has 3 N–H and O–H groups in total. The lowest BCUT2D eigenvalue weighted by Crippen LogP contribution is -2.30. The zero-order chi connectivity index (χ0) is 14.5. The average molecular weight is 321 g/mol. The molecule has 0 unspecified atom stereocenters. The lowest BCUT2D eigenvalue weighted by Gasteiger charge is -2.21. The number of benzene rings is 1. The summed E-state index contributed by atoms with van der Waals surface area (Å²) >= 11 is 0. The molecule has 1 aliphatic heterocycles. The van der Waals surface area contributed by atoms with Crippen molar-refractivity contribution in [3.63, 3.8) is 0 Å². The summed E-state index contributed by atoms with van der Waals surface area (Å²) in [5.41, 5.74) is 2.80. The summed E-state index contributed by atoms with van der Waals surface area (Å²) < 4.78 is 0. The van der Waals surface area contributed by atoms with Gasteiger partial charge >= 0.3 is 0 Å². The van der Waals surface area contributed by atoms with Gasteiger partial charge in [-0.05, 0) is 50.0 Å². The molecule has 0 bridgehead atoms. The maximum absolute atomic E-state index is 12.1. The van der Waals surface area contributed by atoms with Crippen molar-refractivity contribution >= 4 is 24.0 Å². The zero-order valence-electron chi connectivity index (χ0n) is 12.3. The Morgan fingerprint density at radius 2 is 2.09 bits per heavy atom. The van der Waals surface area contributed by atoms with Crippen LogP contribution in [-0.4, -0.2) is 29.2 Å². The van der Waals surface area contributed by atoms with E-state index in [1.54, 1.807) is 6.20 Å². The van der Waals surface area contributed by atoms with Crippen LogP contribution in [-0.2, 0) is 4.79 Å². The number of amides is 1. The maximum atomic E-state index is 12.1. The molecule has 0 saturated carbocycles. The van der Waals surface area contributed by atoms with Crippen LogP contribution in [0.2, 0.25) is 0 Å². The molecule has 2 heterocycles. The van der Waals surface area contributed by atoms with Crippen molar-refractivity contribution in [2.24, 2.45) is 5.92 Å². The predicted molar refractivity (Wildman–Crippen MR) is 90.1 cm³/mol. The molecule has 0 aliphatic carbocycles. The van der Waals surface area contributed by atoms with Crippen LogP contribution in [0.15, 0.2) is 36.5 Å². The smallest absolute Gasteiger partial charge is 0.224 e. The number of aromatic nitrogens is 2. The number of hydrogen-bond donors (Lipinski definition) is 3. The normalized spacial score (nSPS) is 15.1. The molecule has 1 saturated heterocycles. The number of aromatic amines is 1. The number of anilines is 1. The lowest BCUT2D eigenvalue weighted by atomic mass is 9.94. The molecule has 0 spiro atoms. The van der Waals surface area contributed by atoms with Crippen molar-refractivity contribution in [1.29, 1.82) is 0 Å². The van der Waals surface area contributed by atoms with E-state index in [9.17, 15) is 4.79 Å². The van der Waals surface area contributed by atoms with E-state index < -0.39 is 0 Å². The molecule has 2 aromatic rings. The summed E-state index contributed by atoms with van der Waals surface area (Å²) in [5, 5.41) is 13.2. The predicted octanol–water partition coefficient (Wildman–Crippen LogP) is 2.83. The zero-order valence-corrected chi connectivity index (χ0v) is 13.2. The second kappa shape index (κ2) is 7.96. The Hall–Kier alpha value is -1.85. The highest BCUT2D eigenvalue weighted by Gasteiger charge is 2.16. The van der Waals surface area contributed by atoms with E-state index in [2.05, 4.69) is 20.8 Å². The van der Waals surface area contributed by atoms with Gasteiger partial charge in [0.05, 0.1) is 5.69 Å². The van der Waals surface area contributed by atoms with Gasteiger partial charge in [0, 0.05) is 23.9 Å². The molecule has 1 aromatic heterocycles. The highest BCUT2D eigenvalue weighted by molar-refractivity contribution is 5.91. The van der Waals surface area contributed by atoms with Gasteiger partial charge < -0.3 is 10.6 Å². The van der Waals surface area contributed by atoms with Crippen LogP contribution in [0.1, 0.15) is 19.3 Å². The van der Waals surface area contributed by atoms with Gasteiger partial charge in [0.2, 0.25) is 5.91 Å². The highest BCUT2D eigenvalue weighted by atomic mass is 35.5. The maximum Gasteiger partial charge on any atom is 0.224 e. The molecule has 5 nitrogen and oxygen atoms in total. The summed E-state index contributed by atoms with van der Waals surface area (Å²) in [6.45, 7) is 2.04. The third-order valence-electron chi connectivity index (χ3n) is 3.89. The Kier molecular flexibility index (Phi) is 5.98. The Bertz CT molecular complexity index is 594. The fourth-order valence-electron chi connectivity index (χ4n) is 2.74. The van der Waals surface area contributed by atoms with Crippen LogP contribution in [0.5, 0.6) is 0 Å². The minimum Gasteiger partial charge on any atom is -0.326 e. The van der Waals surface area contributed by atoms with Gasteiger partial charge in [0.15, 0.2) is 0 Å². The van der Waals surface area contributed by atoms with Gasteiger partial charge in [-0.1, -0.05) is 12.1 Å². The molecule has 6 heteroatoms. The lowest BCUT2D eigenvalue weighted by molar-refractivity contribution is -0.117. The van der Waals surface area contributed by atoms with Crippen molar-refractivity contribution in [3.8, 4) is 11.3 Å². The molecular formula is C16H21ClN4O. The monoisotopic (exact) mass is 320 g/mol. The molecular weight excluding hydrogens is 300 g/mol. The Balaban J connectivity index is 0.00000176. The average Bonchev–Trinajstić information content (AvgIpc) is 3.02. The van der Waals surface area contributed by atoms with E-state index in [1.807, 2.05) is 30.3 Å². The number of halogens is 1. The van der Waals surface area contributed by atoms with Crippen LogP contribution in [0.25, 0.3) is 11.3 Å². The van der Waals surface area contributed by atoms with Gasteiger partial charge in [0.1, 0.15) is 0 Å². The van der Waals surface area contributed by atoms with Crippen LogP contribution in [0.3, 0.4) is 0 Å². The Morgan fingerprint density at radius 1 is 1.27 bits per heavy atom. The first-order valence-corrected chi connectivity index (χ1v) is 7.41. The number of H-pyrrole nitrogens is 1. The number of carbonyl (C=O) groups is 1. The minimum absolute atomic E-state index is 0. The number of hydrogen-bond acceptors (Lipinski definition) is 3. The van der Waals surface area contributed by atoms with Gasteiger partial charge in [-0.25, -0.2) is 0 Å². The number of rotatable bonds is 4. The SMILES string of the molecule is Cl.O=C(CC1CCNCC1)Nc1cccc(-c2ccn[nH]2)c1. The molecule has 1 amide bonds. The van der Waals surface area contributed by atoms with Crippen LogP contribution < -0.4 is 10.6 Å². The van der Waals surface area contributed by atoms with Crippen molar-refractivity contribution in [2.75, 3.05) is 18.4 Å². The first kappa shape index (κ1) is 16.5. The van der Waals surface area contributed by atoms with E-state index in [0.29, 0.717) is 12.3 Å². The summed E-state index contributed by atoms with van der Waals surface area (Å²) in [6.07, 6.45) is 4.50. The fourth-order valence-corrected chi connectivity index (χ4v) is 2.74. The summed E-state index contributed by atoms with van der Waals surface area (Å²) in [4.78, 5) is 12.1. The van der Waals surface area contributed by atoms with Crippen molar-refractivity contribution in [1.82, 2.24) is 15.5 Å². The number of piperidine rings is 1. The number of nitrogens with one attached hydrogen (secondary N) is 3. The summed E-state index contributed by atoms with van der Waals surface area (Å²) in [6, 6.07) is 9.73. The Labute approximate surface area is 136 Å². The van der Waals surface area contributed by atoms with Gasteiger partial charge in [-0.2, -0.15) is 5.10 Å². The number of nitrogens with zero attached hydrogens (tertiary/aromatic N) is 1. The van der Waals surface area contributed by atoms with Crippen molar-refractivity contribution in [2.45, 2.75) is 19.3 Å². The van der Waals surface area contributed by atoms with Gasteiger partial charge in [-0.15, -0.1) is 12.4 Å². The third kappa shape index (κ3) is 4.32. The summed E-state index contributed by atoms with van der Waals surface area (Å²) in [5.74, 6) is 0.603. The minimum atomic E-state index is 0. The fraction of sp³-hybridized carbons (Fsp3) is 0.375. The highest BCUT2D eigenvalue weighted by Crippen LogP contribution is 2.21.